The second-order valence-corrected chi connectivity index (χ2v) is 5.68. The largest absolute Gasteiger partial charge is 0.347 e. The average Bonchev–Trinajstić information content (AvgIpc) is 2.92. The molecule has 0 radical (unpaired) electrons. The van der Waals surface area contributed by atoms with E-state index < -0.39 is 0 Å². The highest BCUT2D eigenvalue weighted by atomic mass is 32.1. The predicted molar refractivity (Wildman–Crippen MR) is 93.5 cm³/mol. The first-order valence-electron chi connectivity index (χ1n) is 7.33. The van der Waals surface area contributed by atoms with Crippen LogP contribution in [0.1, 0.15) is 23.6 Å². The zero-order valence-electron chi connectivity index (χ0n) is 12.4. The quantitative estimate of drug-likeness (QED) is 0.567. The van der Waals surface area contributed by atoms with Crippen LogP contribution in [0.4, 0.5) is 0 Å². The van der Waals surface area contributed by atoms with Crippen molar-refractivity contribution in [2.75, 3.05) is 0 Å². The molecule has 1 aromatic heterocycles. The Morgan fingerprint density at radius 2 is 1.95 bits per heavy atom. The molecule has 0 bridgehead atoms. The van der Waals surface area contributed by atoms with Crippen LogP contribution in [0.3, 0.4) is 0 Å². The number of nitrogens with one attached hydrogen (secondary N) is 1. The van der Waals surface area contributed by atoms with Crippen molar-refractivity contribution in [1.82, 2.24) is 10.0 Å². The second-order valence-electron chi connectivity index (χ2n) is 5.28. The Balaban J connectivity index is 2.09. The Labute approximate surface area is 135 Å². The van der Waals surface area contributed by atoms with Crippen molar-refractivity contribution in [2.24, 2.45) is 0 Å². The monoisotopic (exact) mass is 310 g/mol. The fourth-order valence-corrected chi connectivity index (χ4v) is 2.92. The van der Waals surface area contributed by atoms with E-state index in [9.17, 15) is 0 Å². The number of benzene rings is 2. The van der Waals surface area contributed by atoms with E-state index in [2.05, 4.69) is 53.5 Å². The molecule has 0 saturated carbocycles. The summed E-state index contributed by atoms with van der Waals surface area (Å²) in [5.74, 6) is 0. The molecule has 1 heterocycles. The van der Waals surface area contributed by atoms with Crippen LogP contribution in [-0.4, -0.2) is 14.8 Å². The van der Waals surface area contributed by atoms with E-state index in [1.807, 2.05) is 18.2 Å². The Morgan fingerprint density at radius 1 is 1.18 bits per heavy atom. The summed E-state index contributed by atoms with van der Waals surface area (Å²) in [6, 6.07) is 16.5. The molecule has 2 N–H and O–H groups in total. The van der Waals surface area contributed by atoms with Gasteiger partial charge in [-0.3, -0.25) is 10.7 Å². The van der Waals surface area contributed by atoms with Gasteiger partial charge in [0.25, 0.3) is 0 Å². The average molecular weight is 310 g/mol. The van der Waals surface area contributed by atoms with Crippen LogP contribution in [0.15, 0.2) is 54.7 Å². The third-order valence-corrected chi connectivity index (χ3v) is 4.23. The van der Waals surface area contributed by atoms with Gasteiger partial charge in [-0.15, -0.1) is 0 Å². The van der Waals surface area contributed by atoms with Crippen molar-refractivity contribution in [3.05, 3.63) is 71.4 Å². The van der Waals surface area contributed by atoms with E-state index in [1.54, 1.807) is 0 Å². The van der Waals surface area contributed by atoms with Gasteiger partial charge in [-0.25, -0.2) is 0 Å². The number of aromatic nitrogens is 1. The summed E-state index contributed by atoms with van der Waals surface area (Å²) in [6.45, 7) is 3.06. The maximum atomic E-state index is 9.02. The van der Waals surface area contributed by atoms with Gasteiger partial charge < -0.3 is 4.57 Å². The summed E-state index contributed by atoms with van der Waals surface area (Å²) >= 11 is 5.12. The molecule has 0 atom stereocenters. The summed E-state index contributed by atoms with van der Waals surface area (Å²) in [7, 11) is 0. The van der Waals surface area contributed by atoms with Crippen LogP contribution in [-0.2, 0) is 13.0 Å². The third-order valence-electron chi connectivity index (χ3n) is 3.91. The topological polar surface area (TPSA) is 37.2 Å². The fraction of sp³-hybridized carbons (Fsp3) is 0.167. The van der Waals surface area contributed by atoms with Gasteiger partial charge in [-0.05, 0) is 42.7 Å². The number of hydrogen-bond donors (Lipinski definition) is 2. The van der Waals surface area contributed by atoms with Crippen LogP contribution >= 0.6 is 12.2 Å². The summed E-state index contributed by atoms with van der Waals surface area (Å²) in [6.07, 6.45) is 3.09. The number of hydroxylamine groups is 1. The van der Waals surface area contributed by atoms with E-state index in [0.29, 0.717) is 4.99 Å². The third kappa shape index (κ3) is 2.75. The number of aryl methyl sites for hydroxylation is 1. The Morgan fingerprint density at radius 3 is 2.64 bits per heavy atom. The highest BCUT2D eigenvalue weighted by Crippen LogP contribution is 2.25. The van der Waals surface area contributed by atoms with Gasteiger partial charge in [0.15, 0.2) is 0 Å². The maximum Gasteiger partial charge on any atom is 0.130 e. The summed E-state index contributed by atoms with van der Waals surface area (Å²) in [4.78, 5) is 0.344. The van der Waals surface area contributed by atoms with E-state index in [4.69, 9.17) is 17.4 Å². The summed E-state index contributed by atoms with van der Waals surface area (Å²) < 4.78 is 2.24. The molecule has 0 aliphatic rings. The van der Waals surface area contributed by atoms with E-state index >= 15 is 0 Å². The molecule has 4 heteroatoms. The van der Waals surface area contributed by atoms with Crippen LogP contribution < -0.4 is 5.48 Å². The van der Waals surface area contributed by atoms with E-state index in [-0.39, 0.29) is 0 Å². The zero-order valence-corrected chi connectivity index (χ0v) is 13.2. The second kappa shape index (κ2) is 6.30. The molecule has 0 aliphatic heterocycles. The van der Waals surface area contributed by atoms with Gasteiger partial charge >= 0.3 is 0 Å². The molecular weight excluding hydrogens is 292 g/mol. The smallest absolute Gasteiger partial charge is 0.130 e. The zero-order chi connectivity index (χ0) is 15.5. The Kier molecular flexibility index (Phi) is 4.22. The first-order chi connectivity index (χ1) is 10.7. The van der Waals surface area contributed by atoms with E-state index in [0.717, 1.165) is 18.5 Å². The Hall–Kier alpha value is -2.17. The molecule has 0 aliphatic carbocycles. The minimum Gasteiger partial charge on any atom is -0.347 e. The number of hydrogen-bond acceptors (Lipinski definition) is 2. The number of fused-ring (bicyclic) bond motifs is 1. The number of rotatable bonds is 4. The first kappa shape index (κ1) is 14.8. The molecule has 3 nitrogen and oxygen atoms in total. The summed E-state index contributed by atoms with van der Waals surface area (Å²) in [5, 5.41) is 10.2. The SMILES string of the molecule is CCn1cc(Cc2ccccc2)c2cc(C(=S)NO)ccc21. The molecule has 3 rings (SSSR count). The van der Waals surface area contributed by atoms with Crippen LogP contribution in [0, 0.1) is 0 Å². The van der Waals surface area contributed by atoms with Gasteiger partial charge in [-0.2, -0.15) is 0 Å². The lowest BCUT2D eigenvalue weighted by atomic mass is 10.0. The molecule has 0 unspecified atom stereocenters. The molecular formula is C18H18N2OS. The molecule has 112 valence electrons. The van der Waals surface area contributed by atoms with Crippen LogP contribution in [0.5, 0.6) is 0 Å². The van der Waals surface area contributed by atoms with Crippen molar-refractivity contribution >= 4 is 28.1 Å². The summed E-state index contributed by atoms with van der Waals surface area (Å²) in [5.41, 5.74) is 6.63. The van der Waals surface area contributed by atoms with Crippen LogP contribution in [0.25, 0.3) is 10.9 Å². The van der Waals surface area contributed by atoms with Crippen molar-refractivity contribution in [1.29, 1.82) is 0 Å². The van der Waals surface area contributed by atoms with Gasteiger partial charge in [0.1, 0.15) is 4.99 Å². The van der Waals surface area contributed by atoms with Crippen LogP contribution in [0.2, 0.25) is 0 Å². The van der Waals surface area contributed by atoms with Crippen molar-refractivity contribution in [2.45, 2.75) is 19.9 Å². The minimum absolute atomic E-state index is 0.344. The van der Waals surface area contributed by atoms with Gasteiger partial charge in [0.05, 0.1) is 0 Å². The standard InChI is InChI=1S/C18H18N2OS/c1-2-20-12-15(10-13-6-4-3-5-7-13)16-11-14(18(22)19-21)8-9-17(16)20/h3-9,11-12,21H,2,10H2,1H3,(H,19,22). The highest BCUT2D eigenvalue weighted by molar-refractivity contribution is 7.80. The molecule has 0 fully saturated rings. The van der Waals surface area contributed by atoms with Crippen molar-refractivity contribution < 1.29 is 5.21 Å². The van der Waals surface area contributed by atoms with Crippen molar-refractivity contribution in [3.63, 3.8) is 0 Å². The molecule has 22 heavy (non-hydrogen) atoms. The lowest BCUT2D eigenvalue weighted by Crippen LogP contribution is -2.17. The van der Waals surface area contributed by atoms with Gasteiger partial charge in [0, 0.05) is 29.2 Å². The van der Waals surface area contributed by atoms with Crippen molar-refractivity contribution in [3.8, 4) is 0 Å². The fourth-order valence-electron chi connectivity index (χ4n) is 2.79. The molecule has 0 saturated heterocycles. The Bertz CT molecular complexity index is 809. The predicted octanol–water partition coefficient (Wildman–Crippen LogP) is 3.91. The highest BCUT2D eigenvalue weighted by Gasteiger charge is 2.10. The molecule has 0 spiro atoms. The lowest BCUT2D eigenvalue weighted by Gasteiger charge is -2.05. The first-order valence-corrected chi connectivity index (χ1v) is 7.74. The normalized spacial score (nSPS) is 10.8. The molecule has 3 aromatic rings. The minimum atomic E-state index is 0.344. The number of nitrogens with zero attached hydrogens (tertiary/aromatic N) is 1. The van der Waals surface area contributed by atoms with E-state index in [1.165, 1.54) is 22.0 Å². The van der Waals surface area contributed by atoms with Gasteiger partial charge in [0.2, 0.25) is 0 Å². The number of thiocarbonyl (C=S) groups is 1. The molecule has 2 aromatic carbocycles. The maximum absolute atomic E-state index is 9.02. The molecule has 0 amide bonds. The lowest BCUT2D eigenvalue weighted by molar-refractivity contribution is 0.238. The van der Waals surface area contributed by atoms with Gasteiger partial charge in [-0.1, -0.05) is 42.5 Å².